The average molecular weight is 202 g/mol. The summed E-state index contributed by atoms with van der Waals surface area (Å²) in [6.07, 6.45) is 0. The smallest absolute Gasteiger partial charge is 0.218 e. The Morgan fingerprint density at radius 3 is 1.85 bits per heavy atom. The zero-order chi connectivity index (χ0) is 10.1. The third-order valence-corrected chi connectivity index (χ3v) is 2.01. The first-order valence-corrected chi connectivity index (χ1v) is 5.26. The highest BCUT2D eigenvalue weighted by molar-refractivity contribution is 7.47. The molecule has 1 atom stereocenters. The van der Waals surface area contributed by atoms with E-state index in [2.05, 4.69) is 0 Å². The summed E-state index contributed by atoms with van der Waals surface area (Å²) in [5, 5.41) is 0.516. The van der Waals surface area contributed by atoms with Crippen LogP contribution in [0, 0.1) is 0 Å². The summed E-state index contributed by atoms with van der Waals surface area (Å²) in [4.78, 5) is 8.57. The lowest BCUT2D eigenvalue weighted by atomic mass is 10.4. The minimum atomic E-state index is -2.46. The molecule has 13 heavy (non-hydrogen) atoms. The van der Waals surface area contributed by atoms with Crippen LogP contribution in [0.2, 0.25) is 0 Å². The summed E-state index contributed by atoms with van der Waals surface area (Å²) in [5.41, 5.74) is 9.81. The molecule has 0 radical (unpaired) electrons. The fourth-order valence-electron chi connectivity index (χ4n) is 0.581. The zero-order valence-electron chi connectivity index (χ0n) is 7.31. The molecular formula is C8H15N2O2P. The molecule has 5 heteroatoms. The number of hydrogen-bond donors (Lipinski definition) is 3. The van der Waals surface area contributed by atoms with Crippen LogP contribution in [0.5, 0.6) is 0 Å². The molecule has 0 bridgehead atoms. The Morgan fingerprint density at radius 2 is 1.62 bits per heavy atom. The molecule has 0 aliphatic carbocycles. The molecule has 1 aromatic carbocycles. The van der Waals surface area contributed by atoms with E-state index in [1.54, 1.807) is 24.3 Å². The first-order chi connectivity index (χ1) is 6.22. The van der Waals surface area contributed by atoms with Gasteiger partial charge >= 0.3 is 0 Å². The molecule has 5 N–H and O–H groups in total. The lowest BCUT2D eigenvalue weighted by Crippen LogP contribution is -2.11. The summed E-state index contributed by atoms with van der Waals surface area (Å²) in [5.74, 6) is 0. The number of nitrogens with two attached hydrogens (primary N) is 2. The molecule has 0 fully saturated rings. The Morgan fingerprint density at radius 1 is 1.15 bits per heavy atom. The topological polar surface area (TPSA) is 89.3 Å². The van der Waals surface area contributed by atoms with Gasteiger partial charge in [-0.25, -0.2) is 0 Å². The van der Waals surface area contributed by atoms with Crippen molar-refractivity contribution in [2.24, 2.45) is 11.5 Å². The maximum atomic E-state index is 10.4. The van der Waals surface area contributed by atoms with Crippen LogP contribution in [0.1, 0.15) is 0 Å². The van der Waals surface area contributed by atoms with Gasteiger partial charge in [-0.1, -0.05) is 18.2 Å². The van der Waals surface area contributed by atoms with Crippen LogP contribution in [0.4, 0.5) is 0 Å². The van der Waals surface area contributed by atoms with Crippen molar-refractivity contribution in [3.8, 4) is 0 Å². The molecule has 0 aliphatic rings. The quantitative estimate of drug-likeness (QED) is 0.573. The van der Waals surface area contributed by atoms with E-state index in [-0.39, 0.29) is 0 Å². The molecule has 1 unspecified atom stereocenters. The number of hydrogen-bond acceptors (Lipinski definition) is 3. The van der Waals surface area contributed by atoms with Gasteiger partial charge in [0.25, 0.3) is 0 Å². The van der Waals surface area contributed by atoms with Gasteiger partial charge in [-0.3, -0.25) is 4.57 Å². The van der Waals surface area contributed by atoms with E-state index in [4.69, 9.17) is 16.4 Å². The van der Waals surface area contributed by atoms with Crippen molar-refractivity contribution in [2.45, 2.75) is 0 Å². The van der Waals surface area contributed by atoms with Gasteiger partial charge < -0.3 is 16.4 Å². The molecule has 0 aliphatic heterocycles. The van der Waals surface area contributed by atoms with Crippen LogP contribution < -0.4 is 16.8 Å². The second kappa shape index (κ2) is 7.95. The van der Waals surface area contributed by atoms with E-state index in [0.717, 1.165) is 0 Å². The molecular weight excluding hydrogens is 187 g/mol. The standard InChI is InChI=1S/C6H7O2P.C2H8N2/c7-9(8)6-4-2-1-3-5-6;3-1-2-4/h1-5,9H,(H,7,8);1-4H2. The maximum absolute atomic E-state index is 10.4. The molecule has 0 amide bonds. The van der Waals surface area contributed by atoms with Crippen molar-refractivity contribution in [3.63, 3.8) is 0 Å². The molecule has 0 aromatic heterocycles. The molecule has 74 valence electrons. The van der Waals surface area contributed by atoms with E-state index in [9.17, 15) is 4.57 Å². The van der Waals surface area contributed by atoms with Gasteiger partial charge in [0, 0.05) is 18.4 Å². The first-order valence-electron chi connectivity index (χ1n) is 3.90. The van der Waals surface area contributed by atoms with E-state index < -0.39 is 8.03 Å². The first kappa shape index (κ1) is 12.3. The summed E-state index contributed by atoms with van der Waals surface area (Å²) >= 11 is 0. The van der Waals surface area contributed by atoms with Crippen molar-refractivity contribution < 1.29 is 9.46 Å². The lowest BCUT2D eigenvalue weighted by Gasteiger charge is -1.90. The van der Waals surface area contributed by atoms with Crippen molar-refractivity contribution in [1.82, 2.24) is 0 Å². The van der Waals surface area contributed by atoms with Crippen molar-refractivity contribution in [2.75, 3.05) is 13.1 Å². The third-order valence-electron chi connectivity index (χ3n) is 1.19. The van der Waals surface area contributed by atoms with Crippen LogP contribution in [-0.2, 0) is 4.57 Å². The molecule has 0 saturated heterocycles. The highest BCUT2D eigenvalue weighted by Crippen LogP contribution is 2.10. The predicted molar refractivity (Wildman–Crippen MR) is 55.4 cm³/mol. The summed E-state index contributed by atoms with van der Waals surface area (Å²) in [6.45, 7) is 1.19. The molecule has 0 heterocycles. The highest BCUT2D eigenvalue weighted by atomic mass is 31.1. The van der Waals surface area contributed by atoms with Gasteiger partial charge in [-0.2, -0.15) is 0 Å². The van der Waals surface area contributed by atoms with E-state index >= 15 is 0 Å². The van der Waals surface area contributed by atoms with Crippen molar-refractivity contribution in [3.05, 3.63) is 30.3 Å². The summed E-state index contributed by atoms with van der Waals surface area (Å²) in [6, 6.07) is 8.58. The maximum Gasteiger partial charge on any atom is 0.218 e. The van der Waals surface area contributed by atoms with Gasteiger partial charge in [0.2, 0.25) is 8.03 Å². The van der Waals surface area contributed by atoms with E-state index in [1.165, 1.54) is 0 Å². The van der Waals surface area contributed by atoms with Crippen molar-refractivity contribution in [1.29, 1.82) is 0 Å². The molecule has 0 spiro atoms. The SMILES string of the molecule is NCCN.O=[PH](O)c1ccccc1. The van der Waals surface area contributed by atoms with Gasteiger partial charge in [-0.15, -0.1) is 0 Å². The van der Waals surface area contributed by atoms with Gasteiger partial charge in [0.05, 0.1) is 0 Å². The normalized spacial score (nSPS) is 11.3. The predicted octanol–water partition coefficient (Wildman–Crippen LogP) is -0.317. The minimum absolute atomic E-state index is 0.516. The largest absolute Gasteiger partial charge is 0.343 e. The fourth-order valence-corrected chi connectivity index (χ4v) is 1.06. The Kier molecular flexibility index (Phi) is 7.54. The van der Waals surface area contributed by atoms with E-state index in [1.807, 2.05) is 6.07 Å². The summed E-state index contributed by atoms with van der Waals surface area (Å²) < 4.78 is 10.4. The van der Waals surface area contributed by atoms with Crippen molar-refractivity contribution >= 4 is 13.3 Å². The van der Waals surface area contributed by atoms with Crippen LogP contribution in [0.25, 0.3) is 0 Å². The Hall–Kier alpha value is -0.670. The Labute approximate surface area is 78.4 Å². The molecule has 1 rings (SSSR count). The van der Waals surface area contributed by atoms with Gasteiger partial charge in [-0.05, 0) is 12.1 Å². The highest BCUT2D eigenvalue weighted by Gasteiger charge is 1.92. The second-order valence-electron chi connectivity index (χ2n) is 2.25. The minimum Gasteiger partial charge on any atom is -0.343 e. The molecule has 0 saturated carbocycles. The Balaban J connectivity index is 0.000000310. The fraction of sp³-hybridized carbons (Fsp3) is 0.250. The third kappa shape index (κ3) is 6.49. The van der Waals surface area contributed by atoms with Gasteiger partial charge in [0.1, 0.15) is 0 Å². The number of rotatable bonds is 2. The Bertz CT molecular complexity index is 239. The monoisotopic (exact) mass is 202 g/mol. The van der Waals surface area contributed by atoms with Crippen LogP contribution in [0.3, 0.4) is 0 Å². The molecule has 1 aromatic rings. The zero-order valence-corrected chi connectivity index (χ0v) is 8.31. The second-order valence-corrected chi connectivity index (χ2v) is 3.44. The average Bonchev–Trinajstić information content (AvgIpc) is 2.19. The number of benzene rings is 1. The molecule has 4 nitrogen and oxygen atoms in total. The lowest BCUT2D eigenvalue weighted by molar-refractivity contribution is 0.513. The van der Waals surface area contributed by atoms with E-state index in [0.29, 0.717) is 18.4 Å². The van der Waals surface area contributed by atoms with Gasteiger partial charge in [0.15, 0.2) is 0 Å². The van der Waals surface area contributed by atoms with Crippen LogP contribution in [-0.4, -0.2) is 18.0 Å². The van der Waals surface area contributed by atoms with Crippen LogP contribution >= 0.6 is 8.03 Å². The van der Waals surface area contributed by atoms with Crippen LogP contribution in [0.15, 0.2) is 30.3 Å². The summed E-state index contributed by atoms with van der Waals surface area (Å²) in [7, 11) is -2.46.